The van der Waals surface area contributed by atoms with Gasteiger partial charge in [0, 0.05) is 16.7 Å². The van der Waals surface area contributed by atoms with E-state index in [9.17, 15) is 14.7 Å². The molecule has 1 saturated heterocycles. The summed E-state index contributed by atoms with van der Waals surface area (Å²) in [4.78, 5) is 29.4. The number of halogens is 1. The van der Waals surface area contributed by atoms with Gasteiger partial charge in [-0.05, 0) is 41.5 Å². The van der Waals surface area contributed by atoms with E-state index in [1.165, 1.54) is 4.90 Å². The zero-order chi connectivity index (χ0) is 24.0. The van der Waals surface area contributed by atoms with Crippen molar-refractivity contribution in [3.8, 4) is 11.5 Å². The number of carbonyl (C=O) groups excluding carboxylic acids is 2. The molecule has 0 aromatic heterocycles. The summed E-state index contributed by atoms with van der Waals surface area (Å²) < 4.78 is 10.8. The van der Waals surface area contributed by atoms with Crippen molar-refractivity contribution in [3.63, 3.8) is 0 Å². The van der Waals surface area contributed by atoms with Gasteiger partial charge in [-0.3, -0.25) is 9.59 Å². The van der Waals surface area contributed by atoms with E-state index in [-0.39, 0.29) is 19.0 Å². The molecule has 3 aromatic rings. The number of hydrogen-bond acceptors (Lipinski definition) is 5. The molecule has 2 heterocycles. The topological polar surface area (TPSA) is 79.3 Å². The van der Waals surface area contributed by atoms with Crippen LogP contribution < -0.4 is 14.4 Å². The van der Waals surface area contributed by atoms with E-state index in [1.807, 2.05) is 42.5 Å². The van der Waals surface area contributed by atoms with Crippen molar-refractivity contribution in [1.82, 2.24) is 4.90 Å². The molecule has 174 valence electrons. The molecule has 2 atom stereocenters. The van der Waals surface area contributed by atoms with Gasteiger partial charge in [0.1, 0.15) is 23.6 Å². The molecule has 2 amide bonds. The monoisotopic (exact) mass is 478 g/mol. The molecule has 7 nitrogen and oxygen atoms in total. The summed E-state index contributed by atoms with van der Waals surface area (Å²) in [6, 6.07) is 19.9. The van der Waals surface area contributed by atoms with Crippen molar-refractivity contribution >= 4 is 29.1 Å². The molecule has 1 N–H and O–H groups in total. The number of hydrogen-bond donors (Lipinski definition) is 1. The van der Waals surface area contributed by atoms with Gasteiger partial charge < -0.3 is 24.4 Å². The molecule has 34 heavy (non-hydrogen) atoms. The van der Waals surface area contributed by atoms with Crippen LogP contribution in [-0.4, -0.2) is 48.7 Å². The number of methoxy groups -OCH3 is 2. The molecular weight excluding hydrogens is 456 g/mol. The standard InChI is InChI=1S/C26H23ClN2O5/c1-33-19-10-16(11-20(13-19)34-2)14-28-22-9-8-18(27)12-21(22)26(17-6-4-3-5-7-17)24(31)25(32)29(26)15-23(28)30/h3-13,24,31H,14-15H2,1-2H3. The summed E-state index contributed by atoms with van der Waals surface area (Å²) >= 11 is 6.40. The van der Waals surface area contributed by atoms with Crippen LogP contribution in [0.1, 0.15) is 16.7 Å². The Bertz CT molecular complexity index is 1260. The van der Waals surface area contributed by atoms with Gasteiger partial charge in [0.2, 0.25) is 5.91 Å². The fourth-order valence-electron chi connectivity index (χ4n) is 4.96. The first kappa shape index (κ1) is 22.3. The Morgan fingerprint density at radius 3 is 2.32 bits per heavy atom. The summed E-state index contributed by atoms with van der Waals surface area (Å²) in [5.74, 6) is 0.433. The molecule has 1 fully saturated rings. The molecule has 5 rings (SSSR count). The lowest BCUT2D eigenvalue weighted by Gasteiger charge is -2.55. The normalized spacial score (nSPS) is 21.4. The number of ether oxygens (including phenoxy) is 2. The summed E-state index contributed by atoms with van der Waals surface area (Å²) in [7, 11) is 3.13. The van der Waals surface area contributed by atoms with E-state index in [0.717, 1.165) is 5.56 Å². The number of fused-ring (bicyclic) bond motifs is 3. The lowest BCUT2D eigenvalue weighted by Crippen LogP contribution is -2.72. The van der Waals surface area contributed by atoms with Gasteiger partial charge in [-0.25, -0.2) is 0 Å². The number of aliphatic hydroxyl groups is 1. The third-order valence-electron chi connectivity index (χ3n) is 6.54. The number of aliphatic hydroxyl groups excluding tert-OH is 1. The number of carbonyl (C=O) groups is 2. The fourth-order valence-corrected chi connectivity index (χ4v) is 5.13. The second kappa shape index (κ2) is 8.34. The predicted octanol–water partition coefficient (Wildman–Crippen LogP) is 3.35. The van der Waals surface area contributed by atoms with Crippen molar-refractivity contribution < 1.29 is 24.2 Å². The highest BCUT2D eigenvalue weighted by Gasteiger charge is 2.64. The minimum absolute atomic E-state index is 0.182. The van der Waals surface area contributed by atoms with Crippen LogP contribution >= 0.6 is 11.6 Å². The van der Waals surface area contributed by atoms with E-state index < -0.39 is 17.6 Å². The molecule has 3 aromatic carbocycles. The van der Waals surface area contributed by atoms with E-state index in [2.05, 4.69) is 0 Å². The van der Waals surface area contributed by atoms with Crippen molar-refractivity contribution in [3.05, 3.63) is 88.4 Å². The van der Waals surface area contributed by atoms with Crippen LogP contribution in [0.25, 0.3) is 0 Å². The van der Waals surface area contributed by atoms with Crippen molar-refractivity contribution in [2.75, 3.05) is 25.7 Å². The molecule has 0 spiro atoms. The average molecular weight is 479 g/mol. The van der Waals surface area contributed by atoms with Crippen LogP contribution in [-0.2, 0) is 21.7 Å². The molecule has 8 heteroatoms. The quantitative estimate of drug-likeness (QED) is 0.569. The first-order valence-corrected chi connectivity index (χ1v) is 11.2. The van der Waals surface area contributed by atoms with Gasteiger partial charge in [0.05, 0.1) is 26.5 Å². The SMILES string of the molecule is COc1cc(CN2C(=O)CN3C(=O)C(O)C3(c3ccccc3)c3cc(Cl)ccc32)cc(OC)c1. The Labute approximate surface area is 202 Å². The second-order valence-electron chi connectivity index (χ2n) is 8.32. The smallest absolute Gasteiger partial charge is 0.256 e. The number of amides is 2. The van der Waals surface area contributed by atoms with Gasteiger partial charge in [-0.2, -0.15) is 0 Å². The Hall–Kier alpha value is -3.55. The van der Waals surface area contributed by atoms with E-state index in [4.69, 9.17) is 21.1 Å². The van der Waals surface area contributed by atoms with Crippen LogP contribution in [0.2, 0.25) is 5.02 Å². The zero-order valence-corrected chi connectivity index (χ0v) is 19.5. The van der Waals surface area contributed by atoms with Crippen LogP contribution in [0.4, 0.5) is 5.69 Å². The van der Waals surface area contributed by atoms with E-state index in [1.54, 1.807) is 43.4 Å². The summed E-state index contributed by atoms with van der Waals surface area (Å²) in [6.07, 6.45) is -1.34. The minimum Gasteiger partial charge on any atom is -0.497 e. The molecule has 0 bridgehead atoms. The number of benzene rings is 3. The van der Waals surface area contributed by atoms with E-state index >= 15 is 0 Å². The minimum atomic E-state index is -1.34. The number of nitrogens with zero attached hydrogens (tertiary/aromatic N) is 2. The summed E-state index contributed by atoms with van der Waals surface area (Å²) in [5.41, 5.74) is 1.46. The maximum Gasteiger partial charge on any atom is 0.256 e. The second-order valence-corrected chi connectivity index (χ2v) is 8.76. The molecule has 0 aliphatic carbocycles. The lowest BCUT2D eigenvalue weighted by atomic mass is 9.69. The Morgan fingerprint density at radius 2 is 1.68 bits per heavy atom. The summed E-state index contributed by atoms with van der Waals surface area (Å²) in [5, 5.41) is 11.5. The van der Waals surface area contributed by atoms with Crippen LogP contribution in [0.3, 0.4) is 0 Å². The van der Waals surface area contributed by atoms with Crippen LogP contribution in [0.15, 0.2) is 66.7 Å². The fraction of sp³-hybridized carbons (Fsp3) is 0.231. The average Bonchev–Trinajstić information content (AvgIpc) is 2.95. The molecule has 0 radical (unpaired) electrons. The maximum atomic E-state index is 13.5. The Kier molecular flexibility index (Phi) is 5.46. The van der Waals surface area contributed by atoms with Crippen LogP contribution in [0.5, 0.6) is 11.5 Å². The highest BCUT2D eigenvalue weighted by Crippen LogP contribution is 2.52. The van der Waals surface area contributed by atoms with E-state index in [0.29, 0.717) is 33.3 Å². The Morgan fingerprint density at radius 1 is 1.00 bits per heavy atom. The molecule has 2 aliphatic rings. The number of anilines is 1. The zero-order valence-electron chi connectivity index (χ0n) is 18.7. The molecule has 0 saturated carbocycles. The highest BCUT2D eigenvalue weighted by atomic mass is 35.5. The van der Waals surface area contributed by atoms with Crippen LogP contribution in [0, 0.1) is 0 Å². The largest absolute Gasteiger partial charge is 0.497 e. The number of β-lactam (4-membered cyclic amide) rings is 1. The van der Waals surface area contributed by atoms with Gasteiger partial charge in [0.25, 0.3) is 5.91 Å². The van der Waals surface area contributed by atoms with Gasteiger partial charge in [-0.15, -0.1) is 0 Å². The van der Waals surface area contributed by atoms with Gasteiger partial charge >= 0.3 is 0 Å². The third kappa shape index (κ3) is 3.23. The first-order valence-electron chi connectivity index (χ1n) is 10.8. The first-order chi connectivity index (χ1) is 16.4. The maximum absolute atomic E-state index is 13.5. The third-order valence-corrected chi connectivity index (χ3v) is 6.78. The molecule has 2 unspecified atom stereocenters. The van der Waals surface area contributed by atoms with Crippen molar-refractivity contribution in [2.24, 2.45) is 0 Å². The lowest BCUT2D eigenvalue weighted by molar-refractivity contribution is -0.181. The van der Waals surface area contributed by atoms with Gasteiger partial charge in [-0.1, -0.05) is 41.9 Å². The molecular formula is C26H23ClN2O5. The molecule has 2 aliphatic heterocycles. The van der Waals surface area contributed by atoms with Crippen molar-refractivity contribution in [1.29, 1.82) is 0 Å². The van der Waals surface area contributed by atoms with Gasteiger partial charge in [0.15, 0.2) is 6.10 Å². The predicted molar refractivity (Wildman–Crippen MR) is 127 cm³/mol. The summed E-state index contributed by atoms with van der Waals surface area (Å²) in [6.45, 7) is 0.0300. The Balaban J connectivity index is 1.69. The highest BCUT2D eigenvalue weighted by molar-refractivity contribution is 6.30. The number of rotatable bonds is 5. The van der Waals surface area contributed by atoms with Crippen molar-refractivity contribution in [2.45, 2.75) is 18.2 Å².